The number of hydrogen-bond donors (Lipinski definition) is 0. The van der Waals surface area contributed by atoms with Gasteiger partial charge in [0, 0.05) is 14.1 Å². The molecule has 0 aliphatic heterocycles. The molecular formula is C10H14N4. The van der Waals surface area contributed by atoms with E-state index in [9.17, 15) is 0 Å². The summed E-state index contributed by atoms with van der Waals surface area (Å²) in [5, 5.41) is 4.21. The van der Waals surface area contributed by atoms with Crippen molar-refractivity contribution < 1.29 is 0 Å². The molecule has 0 atom stereocenters. The average Bonchev–Trinajstić information content (AvgIpc) is 2.52. The largest absolute Gasteiger partial charge is 0.362 e. The van der Waals surface area contributed by atoms with Gasteiger partial charge < -0.3 is 4.90 Å². The molecule has 2 heterocycles. The SMILES string of the molecule is Cc1cc2ncnn2c(N(C)C)c1C. The normalized spacial score (nSPS) is 10.9. The van der Waals surface area contributed by atoms with Crippen molar-refractivity contribution in [2.24, 2.45) is 0 Å². The van der Waals surface area contributed by atoms with E-state index in [4.69, 9.17) is 0 Å². The van der Waals surface area contributed by atoms with Crippen molar-refractivity contribution in [3.63, 3.8) is 0 Å². The Hall–Kier alpha value is -1.58. The smallest absolute Gasteiger partial charge is 0.157 e. The van der Waals surface area contributed by atoms with Crippen LogP contribution in [0.2, 0.25) is 0 Å². The van der Waals surface area contributed by atoms with Crippen LogP contribution in [0.4, 0.5) is 5.82 Å². The molecule has 0 radical (unpaired) electrons. The summed E-state index contributed by atoms with van der Waals surface area (Å²) in [6.45, 7) is 4.20. The molecule has 0 aliphatic carbocycles. The van der Waals surface area contributed by atoms with Gasteiger partial charge in [-0.15, -0.1) is 0 Å². The van der Waals surface area contributed by atoms with Gasteiger partial charge in [0.2, 0.25) is 0 Å². The van der Waals surface area contributed by atoms with E-state index in [0.29, 0.717) is 0 Å². The van der Waals surface area contributed by atoms with Crippen LogP contribution in [-0.2, 0) is 0 Å². The third-order valence-corrected chi connectivity index (χ3v) is 2.47. The number of rotatable bonds is 1. The van der Waals surface area contributed by atoms with Gasteiger partial charge >= 0.3 is 0 Å². The van der Waals surface area contributed by atoms with Crippen LogP contribution >= 0.6 is 0 Å². The van der Waals surface area contributed by atoms with Gasteiger partial charge in [0.25, 0.3) is 0 Å². The molecule has 2 aromatic heterocycles. The Morgan fingerprint density at radius 1 is 1.29 bits per heavy atom. The van der Waals surface area contributed by atoms with Gasteiger partial charge in [-0.2, -0.15) is 9.61 Å². The Bertz CT molecular complexity index is 470. The van der Waals surface area contributed by atoms with Crippen molar-refractivity contribution >= 4 is 11.5 Å². The lowest BCUT2D eigenvalue weighted by Crippen LogP contribution is -2.16. The highest BCUT2D eigenvalue weighted by Crippen LogP contribution is 2.21. The summed E-state index contributed by atoms with van der Waals surface area (Å²) in [6, 6.07) is 2.05. The summed E-state index contributed by atoms with van der Waals surface area (Å²) in [6.07, 6.45) is 1.58. The second-order valence-corrected chi connectivity index (χ2v) is 3.70. The molecule has 4 heteroatoms. The lowest BCUT2D eigenvalue weighted by Gasteiger charge is -2.17. The minimum atomic E-state index is 0.900. The molecule has 0 N–H and O–H groups in total. The zero-order valence-electron chi connectivity index (χ0n) is 8.94. The number of aromatic nitrogens is 3. The zero-order valence-corrected chi connectivity index (χ0v) is 8.94. The van der Waals surface area contributed by atoms with Gasteiger partial charge in [0.05, 0.1) is 0 Å². The van der Waals surface area contributed by atoms with Crippen LogP contribution in [-0.4, -0.2) is 28.7 Å². The van der Waals surface area contributed by atoms with Crippen molar-refractivity contribution in [3.8, 4) is 0 Å². The molecule has 2 aromatic rings. The van der Waals surface area contributed by atoms with Crippen LogP contribution < -0.4 is 4.90 Å². The van der Waals surface area contributed by atoms with Gasteiger partial charge in [0.15, 0.2) is 5.65 Å². The van der Waals surface area contributed by atoms with Crippen molar-refractivity contribution in [1.82, 2.24) is 14.6 Å². The van der Waals surface area contributed by atoms with E-state index in [0.717, 1.165) is 11.5 Å². The first-order valence-electron chi connectivity index (χ1n) is 4.58. The van der Waals surface area contributed by atoms with Gasteiger partial charge in [-0.3, -0.25) is 0 Å². The summed E-state index contributed by atoms with van der Waals surface area (Å²) < 4.78 is 1.86. The van der Waals surface area contributed by atoms with E-state index < -0.39 is 0 Å². The molecule has 0 aromatic carbocycles. The first-order valence-corrected chi connectivity index (χ1v) is 4.58. The quantitative estimate of drug-likeness (QED) is 0.681. The fourth-order valence-corrected chi connectivity index (χ4v) is 1.67. The predicted molar refractivity (Wildman–Crippen MR) is 56.8 cm³/mol. The first-order chi connectivity index (χ1) is 6.61. The fraction of sp³-hybridized carbons (Fsp3) is 0.400. The van der Waals surface area contributed by atoms with E-state index in [1.165, 1.54) is 11.1 Å². The minimum Gasteiger partial charge on any atom is -0.362 e. The number of pyridine rings is 1. The van der Waals surface area contributed by atoms with E-state index in [-0.39, 0.29) is 0 Å². The van der Waals surface area contributed by atoms with Crippen LogP contribution in [0.25, 0.3) is 5.65 Å². The van der Waals surface area contributed by atoms with Crippen molar-refractivity contribution in [2.75, 3.05) is 19.0 Å². The van der Waals surface area contributed by atoms with Crippen molar-refractivity contribution in [2.45, 2.75) is 13.8 Å². The Kier molecular flexibility index (Phi) is 1.91. The Balaban J connectivity index is 2.86. The van der Waals surface area contributed by atoms with Crippen molar-refractivity contribution in [3.05, 3.63) is 23.5 Å². The van der Waals surface area contributed by atoms with Crippen LogP contribution in [0.3, 0.4) is 0 Å². The number of hydrogen-bond acceptors (Lipinski definition) is 3. The summed E-state index contributed by atoms with van der Waals surface area (Å²) in [4.78, 5) is 6.25. The number of fused-ring (bicyclic) bond motifs is 1. The van der Waals surface area contributed by atoms with Gasteiger partial charge in [-0.05, 0) is 31.0 Å². The highest BCUT2D eigenvalue weighted by atomic mass is 15.3. The van der Waals surface area contributed by atoms with E-state index in [1.807, 2.05) is 18.6 Å². The Morgan fingerprint density at radius 3 is 2.64 bits per heavy atom. The first kappa shape index (κ1) is 8.99. The van der Waals surface area contributed by atoms with E-state index in [2.05, 4.69) is 34.9 Å². The zero-order chi connectivity index (χ0) is 10.3. The molecule has 0 unspecified atom stereocenters. The van der Waals surface area contributed by atoms with Crippen LogP contribution in [0.15, 0.2) is 12.4 Å². The Labute approximate surface area is 83.2 Å². The number of aryl methyl sites for hydroxylation is 1. The minimum absolute atomic E-state index is 0.900. The Morgan fingerprint density at radius 2 is 2.00 bits per heavy atom. The molecule has 0 aliphatic rings. The monoisotopic (exact) mass is 190 g/mol. The number of nitrogens with zero attached hydrogens (tertiary/aromatic N) is 4. The summed E-state index contributed by atoms with van der Waals surface area (Å²) in [5.41, 5.74) is 3.39. The topological polar surface area (TPSA) is 33.4 Å². The summed E-state index contributed by atoms with van der Waals surface area (Å²) in [5.74, 6) is 1.09. The molecule has 4 nitrogen and oxygen atoms in total. The van der Waals surface area contributed by atoms with Crippen LogP contribution in [0.5, 0.6) is 0 Å². The highest BCUT2D eigenvalue weighted by Gasteiger charge is 2.10. The predicted octanol–water partition coefficient (Wildman–Crippen LogP) is 1.41. The third-order valence-electron chi connectivity index (χ3n) is 2.47. The lowest BCUT2D eigenvalue weighted by molar-refractivity contribution is 0.898. The number of anilines is 1. The molecule has 14 heavy (non-hydrogen) atoms. The second kappa shape index (κ2) is 2.97. The van der Waals surface area contributed by atoms with E-state index in [1.54, 1.807) is 6.33 Å². The highest BCUT2D eigenvalue weighted by molar-refractivity contribution is 5.57. The maximum Gasteiger partial charge on any atom is 0.157 e. The van der Waals surface area contributed by atoms with Crippen molar-refractivity contribution in [1.29, 1.82) is 0 Å². The summed E-state index contributed by atoms with van der Waals surface area (Å²) >= 11 is 0. The maximum atomic E-state index is 4.21. The summed E-state index contributed by atoms with van der Waals surface area (Å²) in [7, 11) is 4.03. The standard InChI is InChI=1S/C10H14N4/c1-7-5-9-11-6-12-14(9)10(8(7)2)13(3)4/h5-6H,1-4H3. The second-order valence-electron chi connectivity index (χ2n) is 3.70. The molecule has 74 valence electrons. The third kappa shape index (κ3) is 1.14. The molecule has 0 amide bonds. The molecule has 0 spiro atoms. The van der Waals surface area contributed by atoms with E-state index >= 15 is 0 Å². The molecule has 0 fully saturated rings. The maximum absolute atomic E-state index is 4.21. The molecule has 0 saturated carbocycles. The van der Waals surface area contributed by atoms with Gasteiger partial charge in [-0.1, -0.05) is 0 Å². The van der Waals surface area contributed by atoms with Gasteiger partial charge in [0.1, 0.15) is 12.1 Å². The fourth-order valence-electron chi connectivity index (χ4n) is 1.67. The molecule has 2 rings (SSSR count). The molecule has 0 bridgehead atoms. The van der Waals surface area contributed by atoms with Crippen LogP contribution in [0, 0.1) is 13.8 Å². The lowest BCUT2D eigenvalue weighted by atomic mass is 10.1. The molecular weight excluding hydrogens is 176 g/mol. The molecule has 0 saturated heterocycles. The van der Waals surface area contributed by atoms with Gasteiger partial charge in [-0.25, -0.2) is 4.98 Å². The van der Waals surface area contributed by atoms with Crippen LogP contribution in [0.1, 0.15) is 11.1 Å². The average molecular weight is 190 g/mol.